The highest BCUT2D eigenvalue weighted by Gasteiger charge is 2.35. The van der Waals surface area contributed by atoms with E-state index in [1.807, 2.05) is 0 Å². The monoisotopic (exact) mass is 715 g/mol. The second-order valence-electron chi connectivity index (χ2n) is 15.4. The molecule has 0 saturated heterocycles. The van der Waals surface area contributed by atoms with Crippen LogP contribution in [0.3, 0.4) is 0 Å². The minimum absolute atomic E-state index is 0.155. The van der Waals surface area contributed by atoms with Crippen LogP contribution in [0.4, 0.5) is 0 Å². The van der Waals surface area contributed by atoms with Crippen molar-refractivity contribution >= 4 is 60.2 Å². The zero-order valence-electron chi connectivity index (χ0n) is 30.8. The largest absolute Gasteiger partial charge is 0.460 e. The van der Waals surface area contributed by atoms with Gasteiger partial charge in [-0.05, 0) is 86.1 Å². The number of hydrogen-bond acceptors (Lipinski definition) is 1. The van der Waals surface area contributed by atoms with E-state index in [2.05, 4.69) is 199 Å². The summed E-state index contributed by atoms with van der Waals surface area (Å²) >= 11 is 0. The van der Waals surface area contributed by atoms with Crippen LogP contribution >= 0.6 is 0 Å². The van der Waals surface area contributed by atoms with Gasteiger partial charge in [0.1, 0.15) is 11.5 Å². The molecule has 56 heavy (non-hydrogen) atoms. The molecule has 12 rings (SSSR count). The van der Waals surface area contributed by atoms with Gasteiger partial charge in [-0.25, -0.2) is 0 Å². The molecule has 2 nitrogen and oxygen atoms in total. The van der Waals surface area contributed by atoms with Crippen LogP contribution in [-0.4, -0.2) is 4.57 Å². The predicted molar refractivity (Wildman–Crippen MR) is 234 cm³/mol. The minimum Gasteiger partial charge on any atom is -0.460 e. The molecule has 0 radical (unpaired) electrons. The molecule has 3 atom stereocenters. The van der Waals surface area contributed by atoms with Crippen molar-refractivity contribution < 1.29 is 4.74 Å². The third-order valence-corrected chi connectivity index (χ3v) is 12.5. The first-order chi connectivity index (χ1) is 27.8. The maximum Gasteiger partial charge on any atom is 0.130 e. The molecule has 0 fully saturated rings. The van der Waals surface area contributed by atoms with Crippen LogP contribution in [0.2, 0.25) is 0 Å². The summed E-state index contributed by atoms with van der Waals surface area (Å²) in [5, 5.41) is 7.68. The number of allylic oxidation sites excluding steroid dienone is 12. The molecule has 2 heteroatoms. The lowest BCUT2D eigenvalue weighted by Gasteiger charge is -2.34. The maximum absolute atomic E-state index is 6.56. The summed E-state index contributed by atoms with van der Waals surface area (Å²) in [5.41, 5.74) is 12.6. The molecule has 4 aliphatic rings. The second kappa shape index (κ2) is 12.3. The Morgan fingerprint density at radius 2 is 1.16 bits per heavy atom. The molecule has 2 heterocycles. The Bertz CT molecular complexity index is 3090. The Kier molecular flexibility index (Phi) is 6.91. The van der Waals surface area contributed by atoms with Crippen LogP contribution in [-0.2, 0) is 0 Å². The van der Waals surface area contributed by atoms with Crippen molar-refractivity contribution in [3.8, 4) is 16.9 Å². The molecule has 7 aromatic carbocycles. The molecular formula is C54H37NO. The summed E-state index contributed by atoms with van der Waals surface area (Å²) in [7, 11) is 0. The van der Waals surface area contributed by atoms with Crippen LogP contribution in [0.25, 0.3) is 71.3 Å². The summed E-state index contributed by atoms with van der Waals surface area (Å²) in [6.07, 6.45) is 19.7. The normalized spacial score (nSPS) is 19.6. The van der Waals surface area contributed by atoms with Gasteiger partial charge < -0.3 is 9.30 Å². The molecule has 3 aliphatic carbocycles. The van der Waals surface area contributed by atoms with E-state index in [4.69, 9.17) is 4.74 Å². The summed E-state index contributed by atoms with van der Waals surface area (Å²) in [5.74, 6) is 2.65. The van der Waals surface area contributed by atoms with Crippen molar-refractivity contribution in [2.24, 2.45) is 11.8 Å². The number of rotatable bonds is 4. The van der Waals surface area contributed by atoms with E-state index in [9.17, 15) is 0 Å². The lowest BCUT2D eigenvalue weighted by Crippen LogP contribution is -2.22. The Labute approximate surface area is 326 Å². The molecule has 0 saturated carbocycles. The molecule has 0 bridgehead atoms. The number of hydrogen-bond donors (Lipinski definition) is 0. The van der Waals surface area contributed by atoms with Gasteiger partial charge in [-0.1, -0.05) is 164 Å². The molecule has 1 aromatic heterocycles. The first-order valence-corrected chi connectivity index (χ1v) is 19.8. The van der Waals surface area contributed by atoms with Crippen LogP contribution in [0.15, 0.2) is 200 Å². The zero-order valence-corrected chi connectivity index (χ0v) is 30.8. The number of ether oxygens (including phenoxy) is 1. The summed E-state index contributed by atoms with van der Waals surface area (Å²) < 4.78 is 9.08. The van der Waals surface area contributed by atoms with Crippen LogP contribution in [0, 0.1) is 11.8 Å². The fourth-order valence-corrected chi connectivity index (χ4v) is 10.1. The second-order valence-corrected chi connectivity index (χ2v) is 15.4. The highest BCUT2D eigenvalue weighted by Crippen LogP contribution is 2.51. The van der Waals surface area contributed by atoms with Crippen molar-refractivity contribution in [1.29, 1.82) is 0 Å². The third kappa shape index (κ3) is 4.56. The molecule has 264 valence electrons. The summed E-state index contributed by atoms with van der Waals surface area (Å²) in [6, 6.07) is 53.3. The van der Waals surface area contributed by atoms with Gasteiger partial charge in [0.2, 0.25) is 0 Å². The van der Waals surface area contributed by atoms with Crippen molar-refractivity contribution in [3.05, 3.63) is 217 Å². The average Bonchev–Trinajstić information content (AvgIpc) is 3.81. The molecule has 8 aromatic rings. The van der Waals surface area contributed by atoms with Gasteiger partial charge in [-0.2, -0.15) is 0 Å². The minimum atomic E-state index is 0.155. The smallest absolute Gasteiger partial charge is 0.130 e. The topological polar surface area (TPSA) is 14.2 Å². The fraction of sp³-hybridized carbons (Fsp3) is 0.0741. The van der Waals surface area contributed by atoms with Gasteiger partial charge in [-0.15, -0.1) is 0 Å². The van der Waals surface area contributed by atoms with E-state index in [0.29, 0.717) is 0 Å². The third-order valence-electron chi connectivity index (χ3n) is 12.5. The molecule has 0 spiro atoms. The van der Waals surface area contributed by atoms with E-state index in [1.165, 1.54) is 88.0 Å². The molecular weight excluding hydrogens is 679 g/mol. The van der Waals surface area contributed by atoms with Gasteiger partial charge in [0.15, 0.2) is 0 Å². The number of aromatic nitrogens is 1. The molecule has 0 amide bonds. The van der Waals surface area contributed by atoms with Crippen LogP contribution < -0.4 is 4.74 Å². The number of benzene rings is 7. The molecule has 3 unspecified atom stereocenters. The Morgan fingerprint density at radius 1 is 0.518 bits per heavy atom. The first kappa shape index (κ1) is 31.5. The summed E-state index contributed by atoms with van der Waals surface area (Å²) in [4.78, 5) is 0. The van der Waals surface area contributed by atoms with E-state index >= 15 is 0 Å². The van der Waals surface area contributed by atoms with Gasteiger partial charge in [0.25, 0.3) is 0 Å². The SMILES string of the molecule is C1=CC2C(c3c4ccccc4c(-c4ccccc4)c4ccccc34)=CC=C(n3c4ccccc4c4cc(C5=C6Oc7ccccc7C6CC=C5)ccc43)C2C=C1. The van der Waals surface area contributed by atoms with Gasteiger partial charge in [-0.3, -0.25) is 0 Å². The van der Waals surface area contributed by atoms with Crippen LogP contribution in [0.1, 0.15) is 29.0 Å². The number of fused-ring (bicyclic) bond motifs is 9. The van der Waals surface area contributed by atoms with E-state index < -0.39 is 0 Å². The lowest BCUT2D eigenvalue weighted by atomic mass is 9.73. The quantitative estimate of drug-likeness (QED) is 0.166. The Balaban J connectivity index is 1.06. The highest BCUT2D eigenvalue weighted by atomic mass is 16.5. The Morgan fingerprint density at radius 3 is 1.95 bits per heavy atom. The van der Waals surface area contributed by atoms with Crippen LogP contribution in [0.5, 0.6) is 5.75 Å². The van der Waals surface area contributed by atoms with Gasteiger partial charge >= 0.3 is 0 Å². The zero-order chi connectivity index (χ0) is 36.7. The predicted octanol–water partition coefficient (Wildman–Crippen LogP) is 13.9. The number of nitrogens with zero attached hydrogens (tertiary/aromatic N) is 1. The van der Waals surface area contributed by atoms with E-state index in [-0.39, 0.29) is 17.8 Å². The van der Waals surface area contributed by atoms with Crippen molar-refractivity contribution in [3.63, 3.8) is 0 Å². The van der Waals surface area contributed by atoms with Gasteiger partial charge in [0.05, 0.1) is 11.0 Å². The molecule has 0 N–H and O–H groups in total. The number of para-hydroxylation sites is 2. The lowest BCUT2D eigenvalue weighted by molar-refractivity contribution is 0.429. The van der Waals surface area contributed by atoms with Gasteiger partial charge in [0, 0.05) is 45.4 Å². The standard InChI is InChI=1S/C54H37NO/c1-2-15-34(16-3-1)52-41-21-6-8-23-43(41)53(44-24-9-7-22-42(44)52)45-30-32-49(38-18-5-4-17-37(38)45)55-48-27-12-10-19-39(48)47-33-35(29-31-50(47)55)36-25-14-26-46-40-20-11-13-28-51(40)56-54(36)46/h1-25,27-33,37-38,46H,26H2. The van der Waals surface area contributed by atoms with Crippen molar-refractivity contribution in [2.75, 3.05) is 0 Å². The average molecular weight is 716 g/mol. The molecule has 1 aliphatic heterocycles. The fourth-order valence-electron chi connectivity index (χ4n) is 10.1. The summed E-state index contributed by atoms with van der Waals surface area (Å²) in [6.45, 7) is 0. The highest BCUT2D eigenvalue weighted by molar-refractivity contribution is 6.19. The Hall–Kier alpha value is -6.90. The maximum atomic E-state index is 6.56. The van der Waals surface area contributed by atoms with Crippen molar-refractivity contribution in [2.45, 2.75) is 12.3 Å². The van der Waals surface area contributed by atoms with Crippen molar-refractivity contribution in [1.82, 2.24) is 4.57 Å². The van der Waals surface area contributed by atoms with E-state index in [0.717, 1.165) is 17.9 Å². The first-order valence-electron chi connectivity index (χ1n) is 19.8. The van der Waals surface area contributed by atoms with E-state index in [1.54, 1.807) is 0 Å².